The molecule has 1 heterocycles. The Labute approximate surface area is 185 Å². The minimum atomic E-state index is -3.41. The largest absolute Gasteiger partial charge is 0.506 e. The summed E-state index contributed by atoms with van der Waals surface area (Å²) >= 11 is 1.07. The van der Waals surface area contributed by atoms with Crippen LogP contribution in [0.1, 0.15) is 24.2 Å². The Morgan fingerprint density at radius 3 is 2.68 bits per heavy atom. The number of hydrogen-bond acceptors (Lipinski definition) is 7. The van der Waals surface area contributed by atoms with Gasteiger partial charge in [-0.25, -0.2) is 13.1 Å². The maximum Gasteiger partial charge on any atom is 0.305 e. The number of H-pyrrole nitrogens is 1. The molecule has 4 N–H and O–H groups in total. The fourth-order valence-corrected chi connectivity index (χ4v) is 4.91. The van der Waals surface area contributed by atoms with Crippen LogP contribution in [0.4, 0.5) is 0 Å². The van der Waals surface area contributed by atoms with Crippen LogP contribution in [-0.2, 0) is 21.2 Å². The average Bonchev–Trinajstić information content (AvgIpc) is 3.15. The van der Waals surface area contributed by atoms with Gasteiger partial charge in [0.1, 0.15) is 11.3 Å². The number of fused-ring (bicyclic) bond motifs is 1. The highest BCUT2D eigenvalue weighted by molar-refractivity contribution is 7.89. The molecule has 0 aliphatic heterocycles. The topological polar surface area (TPSA) is 121 Å². The third-order valence-electron chi connectivity index (χ3n) is 4.82. The molecule has 0 fully saturated rings. The minimum absolute atomic E-state index is 0.0570. The Kier molecular flexibility index (Phi) is 8.22. The second-order valence-electron chi connectivity index (χ2n) is 7.10. The van der Waals surface area contributed by atoms with Gasteiger partial charge in [0.25, 0.3) is 0 Å². The van der Waals surface area contributed by atoms with E-state index < -0.39 is 10.0 Å². The van der Waals surface area contributed by atoms with Crippen molar-refractivity contribution in [2.24, 2.45) is 0 Å². The highest BCUT2D eigenvalue weighted by Gasteiger charge is 2.12. The summed E-state index contributed by atoms with van der Waals surface area (Å²) in [7, 11) is -3.41. The molecule has 1 aromatic heterocycles. The van der Waals surface area contributed by atoms with Crippen molar-refractivity contribution < 1.29 is 18.3 Å². The molecule has 0 aliphatic carbocycles. The van der Waals surface area contributed by atoms with Crippen molar-refractivity contribution in [2.75, 3.05) is 32.0 Å². The molecule has 0 aliphatic rings. The van der Waals surface area contributed by atoms with E-state index in [1.54, 1.807) is 12.1 Å². The maximum atomic E-state index is 12.1. The second-order valence-corrected chi connectivity index (χ2v) is 10.0. The van der Waals surface area contributed by atoms with Crippen LogP contribution in [0.25, 0.3) is 10.2 Å². The fourth-order valence-electron chi connectivity index (χ4n) is 3.14. The Bertz CT molecular complexity index is 1140. The average molecular weight is 466 g/mol. The molecule has 0 saturated carbocycles. The lowest BCUT2D eigenvalue weighted by Gasteiger charge is -2.14. The van der Waals surface area contributed by atoms with Crippen LogP contribution in [0.3, 0.4) is 0 Å². The fraction of sp³-hybridized carbons (Fsp3) is 0.381. The molecular weight excluding hydrogens is 438 g/mol. The van der Waals surface area contributed by atoms with Gasteiger partial charge in [0.05, 0.1) is 23.2 Å². The number of thiazole rings is 1. The van der Waals surface area contributed by atoms with E-state index in [1.165, 1.54) is 0 Å². The molecular formula is C21H27N3O5S2. The summed E-state index contributed by atoms with van der Waals surface area (Å²) in [5, 5.41) is 13.0. The molecule has 168 valence electrons. The summed E-state index contributed by atoms with van der Waals surface area (Å²) in [6, 6.07) is 13.0. The molecule has 10 heteroatoms. The first kappa shape index (κ1) is 23.4. The van der Waals surface area contributed by atoms with Gasteiger partial charge in [-0.2, -0.15) is 0 Å². The molecule has 1 unspecified atom stereocenters. The third kappa shape index (κ3) is 6.88. The Hall–Kier alpha value is -2.24. The molecule has 2 aromatic carbocycles. The van der Waals surface area contributed by atoms with Crippen LogP contribution in [0.2, 0.25) is 0 Å². The van der Waals surface area contributed by atoms with Crippen LogP contribution in [-0.4, -0.2) is 50.5 Å². The van der Waals surface area contributed by atoms with Crippen LogP contribution >= 0.6 is 11.3 Å². The molecule has 3 aromatic rings. The summed E-state index contributed by atoms with van der Waals surface area (Å²) < 4.78 is 33.2. The van der Waals surface area contributed by atoms with Crippen LogP contribution in [0.15, 0.2) is 47.3 Å². The number of sulfonamides is 1. The second kappa shape index (κ2) is 10.9. The number of aromatic nitrogens is 1. The van der Waals surface area contributed by atoms with Gasteiger partial charge in [0.15, 0.2) is 0 Å². The van der Waals surface area contributed by atoms with Crippen molar-refractivity contribution in [3.8, 4) is 5.75 Å². The first-order valence-electron chi connectivity index (χ1n) is 10.0. The maximum absolute atomic E-state index is 12.1. The zero-order valence-electron chi connectivity index (χ0n) is 17.3. The van der Waals surface area contributed by atoms with Crippen molar-refractivity contribution in [1.29, 1.82) is 0 Å². The number of phenols is 1. The number of nitrogens with one attached hydrogen (secondary N) is 3. The van der Waals surface area contributed by atoms with Crippen LogP contribution < -0.4 is 14.9 Å². The highest BCUT2D eigenvalue weighted by atomic mass is 32.2. The molecule has 31 heavy (non-hydrogen) atoms. The zero-order chi connectivity index (χ0) is 22.3. The summed E-state index contributed by atoms with van der Waals surface area (Å²) in [4.78, 5) is 14.0. The van der Waals surface area contributed by atoms with Gasteiger partial charge in [-0.3, -0.25) is 4.79 Å². The lowest BCUT2D eigenvalue weighted by atomic mass is 10.1. The van der Waals surface area contributed by atoms with Gasteiger partial charge in [0.2, 0.25) is 10.0 Å². The lowest BCUT2D eigenvalue weighted by molar-refractivity contribution is 0.0776. The van der Waals surface area contributed by atoms with Crippen molar-refractivity contribution >= 4 is 31.6 Å². The molecule has 0 spiro atoms. The standard InChI is InChI=1S/C21H27N3O5S2/c1-15(16-5-3-2-4-6-16)29-13-14-31(27,28)23-12-11-22-10-9-17-7-8-18(25)19-20(17)30-21(26)24-19/h2-8,15,22-23,25H,9-14H2,1H3,(H,24,26). The summed E-state index contributed by atoms with van der Waals surface area (Å²) in [6.45, 7) is 3.39. The SMILES string of the molecule is CC(OCCS(=O)(=O)NCCNCCc1ccc(O)c2[nH]c(=O)sc12)c1ccccc1. The van der Waals surface area contributed by atoms with Crippen molar-refractivity contribution in [3.63, 3.8) is 0 Å². The van der Waals surface area contributed by atoms with E-state index in [4.69, 9.17) is 4.74 Å². The van der Waals surface area contributed by atoms with E-state index in [-0.39, 0.29) is 35.6 Å². The Balaban J connectivity index is 1.34. The van der Waals surface area contributed by atoms with E-state index in [0.29, 0.717) is 25.0 Å². The summed E-state index contributed by atoms with van der Waals surface area (Å²) in [6.07, 6.45) is 0.491. The zero-order valence-corrected chi connectivity index (χ0v) is 18.9. The molecule has 1 atom stereocenters. The van der Waals surface area contributed by atoms with Crippen LogP contribution in [0.5, 0.6) is 5.75 Å². The predicted molar refractivity (Wildman–Crippen MR) is 123 cm³/mol. The predicted octanol–water partition coefficient (Wildman–Crippen LogP) is 2.12. The van der Waals surface area contributed by atoms with Gasteiger partial charge >= 0.3 is 4.87 Å². The number of aromatic amines is 1. The molecule has 8 nitrogen and oxygen atoms in total. The van der Waals surface area contributed by atoms with Gasteiger partial charge in [0, 0.05) is 13.1 Å². The molecule has 0 saturated heterocycles. The molecule has 3 rings (SSSR count). The number of ether oxygens (including phenoxy) is 1. The van der Waals surface area contributed by atoms with Crippen molar-refractivity contribution in [3.05, 3.63) is 63.3 Å². The third-order valence-corrected chi connectivity index (χ3v) is 7.13. The number of hydrogen-bond donors (Lipinski definition) is 4. The summed E-state index contributed by atoms with van der Waals surface area (Å²) in [5.74, 6) is -0.0381. The van der Waals surface area contributed by atoms with E-state index in [0.717, 1.165) is 27.2 Å². The number of aromatic hydroxyl groups is 1. The Morgan fingerprint density at radius 2 is 1.90 bits per heavy atom. The highest BCUT2D eigenvalue weighted by Crippen LogP contribution is 2.27. The van der Waals surface area contributed by atoms with E-state index >= 15 is 0 Å². The monoisotopic (exact) mass is 465 g/mol. The van der Waals surface area contributed by atoms with Crippen molar-refractivity contribution in [2.45, 2.75) is 19.4 Å². The van der Waals surface area contributed by atoms with Gasteiger partial charge < -0.3 is 20.1 Å². The number of phenolic OH excluding ortho intramolecular Hbond substituents is 1. The molecule has 0 amide bonds. The van der Waals surface area contributed by atoms with Crippen molar-refractivity contribution in [1.82, 2.24) is 15.0 Å². The van der Waals surface area contributed by atoms with E-state index in [1.807, 2.05) is 37.3 Å². The summed E-state index contributed by atoms with van der Waals surface area (Å²) in [5.41, 5.74) is 2.42. The lowest BCUT2D eigenvalue weighted by Crippen LogP contribution is -2.35. The first-order chi connectivity index (χ1) is 14.9. The van der Waals surface area contributed by atoms with Gasteiger partial charge in [-0.15, -0.1) is 0 Å². The molecule has 0 radical (unpaired) electrons. The molecule has 0 bridgehead atoms. The number of benzene rings is 2. The first-order valence-corrected chi connectivity index (χ1v) is 12.5. The quantitative estimate of drug-likeness (QED) is 0.304. The number of rotatable bonds is 12. The van der Waals surface area contributed by atoms with E-state index in [9.17, 15) is 18.3 Å². The van der Waals surface area contributed by atoms with E-state index in [2.05, 4.69) is 15.0 Å². The van der Waals surface area contributed by atoms with Gasteiger partial charge in [-0.05, 0) is 37.1 Å². The van der Waals surface area contributed by atoms with Gasteiger partial charge in [-0.1, -0.05) is 47.7 Å². The Morgan fingerprint density at radius 1 is 1.13 bits per heavy atom. The minimum Gasteiger partial charge on any atom is -0.506 e. The van der Waals surface area contributed by atoms with Crippen LogP contribution in [0, 0.1) is 0 Å². The smallest absolute Gasteiger partial charge is 0.305 e. The normalized spacial score (nSPS) is 12.9.